The van der Waals surface area contributed by atoms with Crippen LogP contribution in [-0.2, 0) is 19.4 Å². The quantitative estimate of drug-likeness (QED) is 0.508. The third-order valence-electron chi connectivity index (χ3n) is 2.83. The summed E-state index contributed by atoms with van der Waals surface area (Å²) in [5.41, 5.74) is -1.79. The predicted molar refractivity (Wildman–Crippen MR) is 49.5 cm³/mol. The van der Waals surface area contributed by atoms with E-state index in [0.29, 0.717) is 19.1 Å². The maximum absolute atomic E-state index is 10.9. The molecule has 0 aromatic carbocycles. The van der Waals surface area contributed by atoms with Gasteiger partial charge in [0, 0.05) is 0 Å². The number of carbonyl (C=O) groups excluding carboxylic acids is 2. The zero-order chi connectivity index (χ0) is 10.8. The molecule has 14 heavy (non-hydrogen) atoms. The Bertz CT molecular complexity index is 226. The zero-order valence-electron chi connectivity index (χ0n) is 8.78. The highest BCUT2D eigenvalue weighted by Crippen LogP contribution is 2.35. The smallest absolute Gasteiger partial charge is 0.161 e. The maximum atomic E-state index is 10.9. The molecule has 0 aromatic heterocycles. The highest BCUT2D eigenvalue weighted by molar-refractivity contribution is 5.65. The molecule has 0 aliphatic carbocycles. The number of carbonyl (C=O) groups is 2. The van der Waals surface area contributed by atoms with E-state index >= 15 is 0 Å². The van der Waals surface area contributed by atoms with Crippen LogP contribution >= 0.6 is 0 Å². The van der Waals surface area contributed by atoms with Crippen molar-refractivity contribution >= 4 is 12.6 Å². The molecule has 0 saturated carbocycles. The number of hydrogen-bond acceptors (Lipinski definition) is 4. The largest absolute Gasteiger partial charge is 0.300 e. The molecule has 0 aromatic rings. The summed E-state index contributed by atoms with van der Waals surface area (Å²) in [5.74, 6) is 0.0382. The van der Waals surface area contributed by atoms with Crippen molar-refractivity contribution in [2.45, 2.75) is 44.8 Å². The topological polar surface area (TPSA) is 52.6 Å². The van der Waals surface area contributed by atoms with Gasteiger partial charge in [-0.05, 0) is 25.7 Å². The van der Waals surface area contributed by atoms with Gasteiger partial charge in [-0.3, -0.25) is 4.79 Å². The molecular weight excluding hydrogens is 184 g/mol. The second-order valence-electron chi connectivity index (χ2n) is 4.32. The number of hydrogen-bond donors (Lipinski definition) is 0. The minimum absolute atomic E-state index is 0.0382. The molecule has 1 aliphatic heterocycles. The van der Waals surface area contributed by atoms with Crippen LogP contribution in [0.3, 0.4) is 0 Å². The third kappa shape index (κ3) is 1.86. The molecule has 0 amide bonds. The van der Waals surface area contributed by atoms with Crippen LogP contribution < -0.4 is 0 Å². The van der Waals surface area contributed by atoms with Gasteiger partial charge in [0.1, 0.15) is 0 Å². The van der Waals surface area contributed by atoms with Gasteiger partial charge in [-0.1, -0.05) is 13.8 Å². The van der Waals surface area contributed by atoms with E-state index in [1.54, 1.807) is 6.92 Å². The van der Waals surface area contributed by atoms with Crippen molar-refractivity contribution in [1.29, 1.82) is 0 Å². The Morgan fingerprint density at radius 2 is 1.79 bits per heavy atom. The van der Waals surface area contributed by atoms with Crippen LogP contribution in [0.25, 0.3) is 0 Å². The average Bonchev–Trinajstić information content (AvgIpc) is 2.19. The summed E-state index contributed by atoms with van der Waals surface area (Å²) in [6.45, 7) is 5.43. The fraction of sp³-hybridized carbons (Fsp3) is 0.800. The molecule has 1 aliphatic rings. The van der Waals surface area contributed by atoms with E-state index in [0.717, 1.165) is 6.29 Å². The Hall–Kier alpha value is -0.740. The summed E-state index contributed by atoms with van der Waals surface area (Å²) in [6, 6.07) is 0. The van der Waals surface area contributed by atoms with Crippen molar-refractivity contribution in [2.24, 2.45) is 5.92 Å². The van der Waals surface area contributed by atoms with Gasteiger partial charge in [0.25, 0.3) is 0 Å². The lowest BCUT2D eigenvalue weighted by Gasteiger charge is -2.40. The molecule has 0 radical (unpaired) electrons. The first kappa shape index (κ1) is 11.3. The molecule has 2 atom stereocenters. The van der Waals surface area contributed by atoms with Crippen LogP contribution in [0.5, 0.6) is 0 Å². The Labute approximate surface area is 83.5 Å². The first-order valence-electron chi connectivity index (χ1n) is 4.77. The summed E-state index contributed by atoms with van der Waals surface area (Å²) in [6.07, 6.45) is 2.50. The van der Waals surface area contributed by atoms with Gasteiger partial charge in [0.2, 0.25) is 0 Å². The van der Waals surface area contributed by atoms with E-state index < -0.39 is 11.2 Å². The second kappa shape index (κ2) is 3.79. The fourth-order valence-electron chi connectivity index (χ4n) is 1.38. The lowest BCUT2D eigenvalue weighted by Crippen LogP contribution is -2.50. The van der Waals surface area contributed by atoms with E-state index in [-0.39, 0.29) is 5.92 Å². The normalized spacial score (nSPS) is 38.3. The zero-order valence-corrected chi connectivity index (χ0v) is 8.78. The highest BCUT2D eigenvalue weighted by atomic mass is 17.2. The predicted octanol–water partition coefficient (Wildman–Crippen LogP) is 1.28. The lowest BCUT2D eigenvalue weighted by molar-refractivity contribution is -0.417. The lowest BCUT2D eigenvalue weighted by atomic mass is 9.83. The minimum atomic E-state index is -0.901. The van der Waals surface area contributed by atoms with Crippen LogP contribution in [0.2, 0.25) is 0 Å². The summed E-state index contributed by atoms with van der Waals surface area (Å²) in [5, 5.41) is 0. The molecule has 1 fully saturated rings. The van der Waals surface area contributed by atoms with Crippen molar-refractivity contribution in [3.05, 3.63) is 0 Å². The molecule has 0 unspecified atom stereocenters. The van der Waals surface area contributed by atoms with Gasteiger partial charge >= 0.3 is 0 Å². The SMILES string of the molecule is CC(C)[C@]1(C=O)CC[C@@](C)(C=O)OO1. The maximum Gasteiger partial charge on any atom is 0.161 e. The van der Waals surface area contributed by atoms with E-state index in [1.165, 1.54) is 0 Å². The fourth-order valence-corrected chi connectivity index (χ4v) is 1.38. The molecule has 1 rings (SSSR count). The Kier molecular flexibility index (Phi) is 3.07. The monoisotopic (exact) mass is 200 g/mol. The Morgan fingerprint density at radius 1 is 1.14 bits per heavy atom. The van der Waals surface area contributed by atoms with Crippen molar-refractivity contribution in [2.75, 3.05) is 0 Å². The molecule has 0 bridgehead atoms. The van der Waals surface area contributed by atoms with E-state index in [9.17, 15) is 9.59 Å². The van der Waals surface area contributed by atoms with Crippen LogP contribution in [0.4, 0.5) is 0 Å². The molecular formula is C10H16O4. The van der Waals surface area contributed by atoms with Crippen LogP contribution in [-0.4, -0.2) is 23.8 Å². The summed E-state index contributed by atoms with van der Waals surface area (Å²) < 4.78 is 0. The van der Waals surface area contributed by atoms with Crippen molar-refractivity contribution in [3.63, 3.8) is 0 Å². The average molecular weight is 200 g/mol. The summed E-state index contributed by atoms with van der Waals surface area (Å²) >= 11 is 0. The standard InChI is InChI=1S/C10H16O4/c1-8(2)10(7-12)5-4-9(3,6-11)13-14-10/h6-8H,4-5H2,1-3H3/t9-,10+/m0/s1. The van der Waals surface area contributed by atoms with E-state index in [4.69, 9.17) is 9.78 Å². The molecule has 1 saturated heterocycles. The van der Waals surface area contributed by atoms with Crippen LogP contribution in [0, 0.1) is 5.92 Å². The first-order valence-corrected chi connectivity index (χ1v) is 4.77. The van der Waals surface area contributed by atoms with Gasteiger partial charge in [-0.15, -0.1) is 0 Å². The molecule has 4 heteroatoms. The minimum Gasteiger partial charge on any atom is -0.300 e. The van der Waals surface area contributed by atoms with Gasteiger partial charge in [-0.2, -0.15) is 0 Å². The van der Waals surface area contributed by atoms with Gasteiger partial charge < -0.3 is 4.79 Å². The molecule has 0 N–H and O–H groups in total. The Balaban J connectivity index is 2.73. The number of aldehydes is 2. The summed E-state index contributed by atoms with van der Waals surface area (Å²) in [7, 11) is 0. The van der Waals surface area contributed by atoms with E-state index in [2.05, 4.69) is 0 Å². The van der Waals surface area contributed by atoms with Crippen molar-refractivity contribution in [3.8, 4) is 0 Å². The van der Waals surface area contributed by atoms with E-state index in [1.807, 2.05) is 13.8 Å². The van der Waals surface area contributed by atoms with Gasteiger partial charge in [0.05, 0.1) is 0 Å². The molecule has 4 nitrogen and oxygen atoms in total. The second-order valence-corrected chi connectivity index (χ2v) is 4.32. The summed E-state index contributed by atoms with van der Waals surface area (Å²) in [4.78, 5) is 31.7. The molecule has 1 heterocycles. The Morgan fingerprint density at radius 3 is 2.07 bits per heavy atom. The highest BCUT2D eigenvalue weighted by Gasteiger charge is 2.45. The third-order valence-corrected chi connectivity index (χ3v) is 2.83. The van der Waals surface area contributed by atoms with Gasteiger partial charge in [-0.25, -0.2) is 9.78 Å². The first-order chi connectivity index (χ1) is 6.48. The van der Waals surface area contributed by atoms with Crippen LogP contribution in [0.1, 0.15) is 33.6 Å². The van der Waals surface area contributed by atoms with Crippen molar-refractivity contribution in [1.82, 2.24) is 0 Å². The van der Waals surface area contributed by atoms with Crippen LogP contribution in [0.15, 0.2) is 0 Å². The number of rotatable bonds is 3. The van der Waals surface area contributed by atoms with Gasteiger partial charge in [0.15, 0.2) is 23.8 Å². The van der Waals surface area contributed by atoms with Crippen molar-refractivity contribution < 1.29 is 19.4 Å². The molecule has 0 spiro atoms. The molecule has 80 valence electrons.